The van der Waals surface area contributed by atoms with Gasteiger partial charge in [-0.05, 0) is 62.0 Å². The number of rotatable bonds is 11. The normalized spacial score (nSPS) is 12.8. The summed E-state index contributed by atoms with van der Waals surface area (Å²) in [5, 5.41) is 4.71. The third-order valence-electron chi connectivity index (χ3n) is 4.73. The molecule has 8 heteroatoms. The van der Waals surface area contributed by atoms with E-state index in [-0.39, 0.29) is 17.4 Å². The topological polar surface area (TPSA) is 87.9 Å². The standard InChI is InChI=1S/C22H27NO6S/c1-4-26-22-20-10-7-18(15-21(20)29-23-22)27-13-11-17(3)12-14-28-30(24,25)19-8-5-16(2)6-9-19/h5-10,15,17H,4,11-14H2,1-3H3. The van der Waals surface area contributed by atoms with Gasteiger partial charge in [-0.1, -0.05) is 24.6 Å². The van der Waals surface area contributed by atoms with E-state index in [9.17, 15) is 8.42 Å². The molecule has 0 fully saturated rings. The largest absolute Gasteiger partial charge is 0.493 e. The Hall–Kier alpha value is -2.58. The molecule has 0 aliphatic heterocycles. The molecule has 1 atom stereocenters. The van der Waals surface area contributed by atoms with Crippen molar-refractivity contribution < 1.29 is 26.6 Å². The smallest absolute Gasteiger partial charge is 0.296 e. The average Bonchev–Trinajstić information content (AvgIpc) is 3.11. The van der Waals surface area contributed by atoms with Gasteiger partial charge in [-0.15, -0.1) is 0 Å². The highest BCUT2D eigenvalue weighted by atomic mass is 32.2. The lowest BCUT2D eigenvalue weighted by molar-refractivity contribution is 0.247. The number of nitrogens with zero attached hydrogens (tertiary/aromatic N) is 1. The molecule has 3 aromatic rings. The lowest BCUT2D eigenvalue weighted by Gasteiger charge is -2.13. The van der Waals surface area contributed by atoms with E-state index in [0.717, 1.165) is 17.4 Å². The van der Waals surface area contributed by atoms with Gasteiger partial charge in [-0.3, -0.25) is 4.18 Å². The summed E-state index contributed by atoms with van der Waals surface area (Å²) in [6.45, 7) is 7.00. The molecule has 1 unspecified atom stereocenters. The molecule has 3 rings (SSSR count). The molecule has 7 nitrogen and oxygen atoms in total. The predicted molar refractivity (Wildman–Crippen MR) is 113 cm³/mol. The van der Waals surface area contributed by atoms with Crippen LogP contribution in [0, 0.1) is 12.8 Å². The first-order chi connectivity index (χ1) is 14.4. The van der Waals surface area contributed by atoms with Crippen LogP contribution in [0.3, 0.4) is 0 Å². The molecular formula is C22H27NO6S. The molecule has 1 heterocycles. The highest BCUT2D eigenvalue weighted by Gasteiger charge is 2.15. The van der Waals surface area contributed by atoms with E-state index in [2.05, 4.69) is 5.16 Å². The van der Waals surface area contributed by atoms with Crippen molar-refractivity contribution in [2.24, 2.45) is 5.92 Å². The fraction of sp³-hybridized carbons (Fsp3) is 0.409. The summed E-state index contributed by atoms with van der Waals surface area (Å²) in [7, 11) is -3.72. The van der Waals surface area contributed by atoms with Crippen molar-refractivity contribution in [3.8, 4) is 11.6 Å². The SMILES string of the molecule is CCOc1noc2cc(OCCC(C)CCOS(=O)(=O)c3ccc(C)cc3)ccc12. The maximum atomic E-state index is 12.2. The minimum atomic E-state index is -3.72. The van der Waals surface area contributed by atoms with Crippen LogP contribution in [0.5, 0.6) is 11.6 Å². The third kappa shape index (κ3) is 5.73. The zero-order valence-electron chi connectivity index (χ0n) is 17.5. The molecule has 162 valence electrons. The number of fused-ring (bicyclic) bond motifs is 1. The van der Waals surface area contributed by atoms with Gasteiger partial charge in [0.15, 0.2) is 5.58 Å². The summed E-state index contributed by atoms with van der Waals surface area (Å²) in [5.74, 6) is 1.41. The van der Waals surface area contributed by atoms with Crippen molar-refractivity contribution in [3.05, 3.63) is 48.0 Å². The zero-order chi connectivity index (χ0) is 21.6. The summed E-state index contributed by atoms with van der Waals surface area (Å²) < 4.78 is 46.0. The Bertz CT molecular complexity index is 1060. The second kappa shape index (κ2) is 9.95. The van der Waals surface area contributed by atoms with Gasteiger partial charge in [0.1, 0.15) is 5.75 Å². The van der Waals surface area contributed by atoms with Crippen LogP contribution in [-0.4, -0.2) is 33.4 Å². The lowest BCUT2D eigenvalue weighted by Crippen LogP contribution is -2.11. The van der Waals surface area contributed by atoms with Crippen LogP contribution in [-0.2, 0) is 14.3 Å². The molecule has 2 aromatic carbocycles. The Labute approximate surface area is 177 Å². The summed E-state index contributed by atoms with van der Waals surface area (Å²) in [6.07, 6.45) is 1.39. The molecular weight excluding hydrogens is 406 g/mol. The number of aromatic nitrogens is 1. The highest BCUT2D eigenvalue weighted by molar-refractivity contribution is 7.86. The van der Waals surface area contributed by atoms with Gasteiger partial charge in [-0.25, -0.2) is 0 Å². The van der Waals surface area contributed by atoms with Gasteiger partial charge in [0.25, 0.3) is 16.0 Å². The molecule has 0 amide bonds. The van der Waals surface area contributed by atoms with Gasteiger partial charge in [0, 0.05) is 6.07 Å². The monoisotopic (exact) mass is 433 g/mol. The van der Waals surface area contributed by atoms with E-state index in [4.69, 9.17) is 18.2 Å². The van der Waals surface area contributed by atoms with E-state index < -0.39 is 10.1 Å². The fourth-order valence-electron chi connectivity index (χ4n) is 2.88. The minimum absolute atomic E-state index is 0.140. The van der Waals surface area contributed by atoms with Crippen molar-refractivity contribution in [2.75, 3.05) is 19.8 Å². The first kappa shape index (κ1) is 22.1. The Morgan fingerprint density at radius 2 is 1.77 bits per heavy atom. The molecule has 30 heavy (non-hydrogen) atoms. The summed E-state index contributed by atoms with van der Waals surface area (Å²) in [4.78, 5) is 0.180. The van der Waals surface area contributed by atoms with E-state index in [1.807, 2.05) is 32.9 Å². The maximum Gasteiger partial charge on any atom is 0.296 e. The Kier molecular flexibility index (Phi) is 7.33. The predicted octanol–water partition coefficient (Wildman–Crippen LogP) is 4.74. The Morgan fingerprint density at radius 3 is 2.50 bits per heavy atom. The van der Waals surface area contributed by atoms with Crippen LogP contribution < -0.4 is 9.47 Å². The van der Waals surface area contributed by atoms with Crippen molar-refractivity contribution in [1.29, 1.82) is 0 Å². The van der Waals surface area contributed by atoms with Gasteiger partial charge in [0.05, 0.1) is 30.1 Å². The average molecular weight is 434 g/mol. The van der Waals surface area contributed by atoms with Crippen LogP contribution in [0.4, 0.5) is 0 Å². The van der Waals surface area contributed by atoms with Crippen molar-refractivity contribution in [1.82, 2.24) is 5.16 Å². The minimum Gasteiger partial charge on any atom is -0.493 e. The summed E-state index contributed by atoms with van der Waals surface area (Å²) in [5.41, 5.74) is 1.61. The molecule has 0 aliphatic rings. The number of aryl methyl sites for hydroxylation is 1. The van der Waals surface area contributed by atoms with Crippen LogP contribution in [0.1, 0.15) is 32.3 Å². The van der Waals surface area contributed by atoms with E-state index in [1.165, 1.54) is 0 Å². The lowest BCUT2D eigenvalue weighted by atomic mass is 10.1. The quantitative estimate of drug-likeness (QED) is 0.404. The van der Waals surface area contributed by atoms with Crippen molar-refractivity contribution in [2.45, 2.75) is 38.5 Å². The second-order valence-corrected chi connectivity index (χ2v) is 8.81. The van der Waals surface area contributed by atoms with Crippen molar-refractivity contribution in [3.63, 3.8) is 0 Å². The molecule has 0 radical (unpaired) electrons. The summed E-state index contributed by atoms with van der Waals surface area (Å²) in [6, 6.07) is 12.1. The van der Waals surface area contributed by atoms with Gasteiger partial charge >= 0.3 is 0 Å². The second-order valence-electron chi connectivity index (χ2n) is 7.20. The van der Waals surface area contributed by atoms with Crippen LogP contribution in [0.2, 0.25) is 0 Å². The first-order valence-electron chi connectivity index (χ1n) is 10.00. The zero-order valence-corrected chi connectivity index (χ0v) is 18.3. The number of benzene rings is 2. The Balaban J connectivity index is 1.42. The van der Waals surface area contributed by atoms with Gasteiger partial charge in [-0.2, -0.15) is 8.42 Å². The van der Waals surface area contributed by atoms with E-state index in [1.54, 1.807) is 30.3 Å². The number of ether oxygens (including phenoxy) is 2. The Morgan fingerprint density at radius 1 is 1.03 bits per heavy atom. The van der Waals surface area contributed by atoms with Gasteiger partial charge in [0.2, 0.25) is 0 Å². The molecule has 0 saturated carbocycles. The number of hydrogen-bond donors (Lipinski definition) is 0. The molecule has 0 aliphatic carbocycles. The first-order valence-corrected chi connectivity index (χ1v) is 11.4. The van der Waals surface area contributed by atoms with Crippen molar-refractivity contribution >= 4 is 21.1 Å². The third-order valence-corrected chi connectivity index (χ3v) is 6.06. The van der Waals surface area contributed by atoms with Crippen LogP contribution in [0.15, 0.2) is 51.9 Å². The molecule has 0 saturated heterocycles. The van der Waals surface area contributed by atoms with Crippen LogP contribution >= 0.6 is 0 Å². The van der Waals surface area contributed by atoms with Gasteiger partial charge < -0.3 is 14.0 Å². The summed E-state index contributed by atoms with van der Waals surface area (Å²) >= 11 is 0. The van der Waals surface area contributed by atoms with E-state index >= 15 is 0 Å². The fourth-order valence-corrected chi connectivity index (χ4v) is 3.80. The molecule has 0 N–H and O–H groups in total. The molecule has 0 spiro atoms. The number of hydrogen-bond acceptors (Lipinski definition) is 7. The maximum absolute atomic E-state index is 12.2. The van der Waals surface area contributed by atoms with Crippen LogP contribution in [0.25, 0.3) is 11.0 Å². The molecule has 0 bridgehead atoms. The highest BCUT2D eigenvalue weighted by Crippen LogP contribution is 2.28. The molecule has 1 aromatic heterocycles. The van der Waals surface area contributed by atoms with E-state index in [0.29, 0.717) is 36.8 Å².